The topological polar surface area (TPSA) is 57.0 Å². The summed E-state index contributed by atoms with van der Waals surface area (Å²) in [5, 5.41) is 9.31. The number of rotatable bonds is 6. The summed E-state index contributed by atoms with van der Waals surface area (Å²) in [5.41, 5.74) is 3.12. The van der Waals surface area contributed by atoms with Crippen LogP contribution in [-0.4, -0.2) is 33.1 Å². The van der Waals surface area contributed by atoms with E-state index in [1.165, 1.54) is 17.3 Å². The van der Waals surface area contributed by atoms with Gasteiger partial charge in [-0.25, -0.2) is 0 Å². The van der Waals surface area contributed by atoms with Crippen molar-refractivity contribution in [3.8, 4) is 17.1 Å². The largest absolute Gasteiger partial charge is 0.465 e. The molecule has 0 amide bonds. The molecule has 0 N–H and O–H groups in total. The van der Waals surface area contributed by atoms with Crippen LogP contribution >= 0.6 is 11.8 Å². The molecule has 1 aromatic heterocycles. The molecule has 0 aliphatic heterocycles. The molecular formula is C19H19N3O2S. The van der Waals surface area contributed by atoms with Gasteiger partial charge in [-0.15, -0.1) is 10.2 Å². The van der Waals surface area contributed by atoms with Gasteiger partial charge in [-0.1, -0.05) is 59.8 Å². The number of aromatic nitrogens is 3. The van der Waals surface area contributed by atoms with Crippen molar-refractivity contribution in [1.29, 1.82) is 0 Å². The molecule has 0 aliphatic carbocycles. The maximum Gasteiger partial charge on any atom is 0.316 e. The van der Waals surface area contributed by atoms with Crippen LogP contribution in [0.1, 0.15) is 12.5 Å². The maximum absolute atomic E-state index is 11.7. The summed E-state index contributed by atoms with van der Waals surface area (Å²) >= 11 is 1.32. The first kappa shape index (κ1) is 17.2. The highest BCUT2D eigenvalue weighted by atomic mass is 32.2. The lowest BCUT2D eigenvalue weighted by atomic mass is 10.1. The number of nitrogens with zero attached hydrogens (tertiary/aromatic N) is 3. The molecular weight excluding hydrogens is 334 g/mol. The number of benzene rings is 2. The van der Waals surface area contributed by atoms with Crippen molar-refractivity contribution in [2.24, 2.45) is 0 Å². The van der Waals surface area contributed by atoms with E-state index in [4.69, 9.17) is 4.74 Å². The summed E-state index contributed by atoms with van der Waals surface area (Å²) < 4.78 is 6.96. The summed E-state index contributed by atoms with van der Waals surface area (Å²) in [7, 11) is 0. The zero-order valence-electron chi connectivity index (χ0n) is 14.2. The summed E-state index contributed by atoms with van der Waals surface area (Å²) in [6.07, 6.45) is 0. The van der Waals surface area contributed by atoms with E-state index in [1.54, 1.807) is 6.92 Å². The molecule has 3 aromatic rings. The van der Waals surface area contributed by atoms with Crippen molar-refractivity contribution < 1.29 is 9.53 Å². The Kier molecular flexibility index (Phi) is 5.50. The monoisotopic (exact) mass is 353 g/mol. The highest BCUT2D eigenvalue weighted by Crippen LogP contribution is 2.28. The van der Waals surface area contributed by atoms with Crippen molar-refractivity contribution in [3.63, 3.8) is 0 Å². The molecule has 0 unspecified atom stereocenters. The van der Waals surface area contributed by atoms with Crippen molar-refractivity contribution in [2.75, 3.05) is 12.4 Å². The first-order valence-corrected chi connectivity index (χ1v) is 9.04. The Morgan fingerprint density at radius 3 is 2.48 bits per heavy atom. The van der Waals surface area contributed by atoms with Gasteiger partial charge in [-0.3, -0.25) is 9.36 Å². The predicted octanol–water partition coefficient (Wildman–Crippen LogP) is 3.90. The number of carbonyl (C=O) groups is 1. The van der Waals surface area contributed by atoms with Crippen LogP contribution in [-0.2, 0) is 9.53 Å². The molecule has 1 heterocycles. The number of carbonyl (C=O) groups excluding carboxylic acids is 1. The number of aryl methyl sites for hydroxylation is 1. The SMILES string of the molecule is CCOC(=O)CSc1nnc(-c2ccc(C)cc2)n1-c1ccccc1. The van der Waals surface area contributed by atoms with Gasteiger partial charge < -0.3 is 4.74 Å². The average molecular weight is 353 g/mol. The third kappa shape index (κ3) is 4.09. The zero-order chi connectivity index (χ0) is 17.6. The van der Waals surface area contributed by atoms with Gasteiger partial charge in [-0.05, 0) is 26.0 Å². The van der Waals surface area contributed by atoms with Crippen LogP contribution < -0.4 is 0 Å². The molecule has 0 saturated heterocycles. The third-order valence-corrected chi connectivity index (χ3v) is 4.48. The second kappa shape index (κ2) is 7.98. The number of ether oxygens (including phenoxy) is 1. The molecule has 128 valence electrons. The number of para-hydroxylation sites is 1. The van der Waals surface area contributed by atoms with Crippen molar-refractivity contribution in [1.82, 2.24) is 14.8 Å². The molecule has 0 radical (unpaired) electrons. The molecule has 0 fully saturated rings. The Balaban J connectivity index is 1.98. The van der Waals surface area contributed by atoms with E-state index in [0.29, 0.717) is 11.8 Å². The fourth-order valence-corrected chi connectivity index (χ4v) is 3.14. The van der Waals surface area contributed by atoms with E-state index < -0.39 is 0 Å². The molecule has 0 saturated carbocycles. The van der Waals surface area contributed by atoms with E-state index in [1.807, 2.05) is 66.1 Å². The van der Waals surface area contributed by atoms with Crippen LogP contribution in [0.15, 0.2) is 59.8 Å². The Labute approximate surface area is 151 Å². The minimum Gasteiger partial charge on any atom is -0.465 e. The lowest BCUT2D eigenvalue weighted by Gasteiger charge is -2.10. The van der Waals surface area contributed by atoms with E-state index in [0.717, 1.165) is 17.1 Å². The first-order chi connectivity index (χ1) is 12.2. The van der Waals surface area contributed by atoms with Crippen LogP contribution in [0.2, 0.25) is 0 Å². The van der Waals surface area contributed by atoms with Gasteiger partial charge in [0.1, 0.15) is 0 Å². The van der Waals surface area contributed by atoms with Gasteiger partial charge >= 0.3 is 5.97 Å². The molecule has 6 heteroatoms. The minimum atomic E-state index is -0.257. The molecule has 0 atom stereocenters. The second-order valence-corrected chi connectivity index (χ2v) is 6.38. The Morgan fingerprint density at radius 2 is 1.80 bits per heavy atom. The van der Waals surface area contributed by atoms with Gasteiger partial charge in [0, 0.05) is 11.3 Å². The summed E-state index contributed by atoms with van der Waals surface area (Å²) in [4.78, 5) is 11.7. The molecule has 0 spiro atoms. The van der Waals surface area contributed by atoms with Crippen LogP contribution in [0.3, 0.4) is 0 Å². The fraction of sp³-hybridized carbons (Fsp3) is 0.211. The molecule has 2 aromatic carbocycles. The number of hydrogen-bond acceptors (Lipinski definition) is 5. The van der Waals surface area contributed by atoms with E-state index in [9.17, 15) is 4.79 Å². The number of thioether (sulfide) groups is 1. The van der Waals surface area contributed by atoms with Crippen LogP contribution in [0.5, 0.6) is 0 Å². The number of hydrogen-bond donors (Lipinski definition) is 0. The van der Waals surface area contributed by atoms with Crippen LogP contribution in [0.4, 0.5) is 0 Å². The fourth-order valence-electron chi connectivity index (χ4n) is 2.39. The van der Waals surface area contributed by atoms with Gasteiger partial charge in [0.2, 0.25) is 0 Å². The summed E-state index contributed by atoms with van der Waals surface area (Å²) in [6.45, 7) is 4.22. The van der Waals surface area contributed by atoms with E-state index in [-0.39, 0.29) is 11.7 Å². The van der Waals surface area contributed by atoms with Gasteiger partial charge in [-0.2, -0.15) is 0 Å². The molecule has 5 nitrogen and oxygen atoms in total. The smallest absolute Gasteiger partial charge is 0.316 e. The second-order valence-electron chi connectivity index (χ2n) is 5.44. The average Bonchev–Trinajstić information content (AvgIpc) is 3.05. The standard InChI is InChI=1S/C19H19N3O2S/c1-3-24-17(23)13-25-19-21-20-18(15-11-9-14(2)10-12-15)22(19)16-7-5-4-6-8-16/h4-12H,3,13H2,1-2H3. The zero-order valence-corrected chi connectivity index (χ0v) is 15.0. The Bertz CT molecular complexity index is 845. The minimum absolute atomic E-state index is 0.201. The molecule has 0 bridgehead atoms. The van der Waals surface area contributed by atoms with E-state index in [2.05, 4.69) is 10.2 Å². The van der Waals surface area contributed by atoms with Gasteiger partial charge in [0.05, 0.1) is 12.4 Å². The Hall–Kier alpha value is -2.60. The quantitative estimate of drug-likeness (QED) is 0.497. The highest BCUT2D eigenvalue weighted by Gasteiger charge is 2.17. The van der Waals surface area contributed by atoms with Crippen LogP contribution in [0.25, 0.3) is 17.1 Å². The normalized spacial score (nSPS) is 10.6. The highest BCUT2D eigenvalue weighted by molar-refractivity contribution is 7.99. The third-order valence-electron chi connectivity index (χ3n) is 3.58. The van der Waals surface area contributed by atoms with Crippen LogP contribution in [0, 0.1) is 6.92 Å². The van der Waals surface area contributed by atoms with Crippen molar-refractivity contribution in [3.05, 3.63) is 60.2 Å². The molecule has 0 aliphatic rings. The lowest BCUT2D eigenvalue weighted by Crippen LogP contribution is -2.08. The van der Waals surface area contributed by atoms with E-state index >= 15 is 0 Å². The van der Waals surface area contributed by atoms with Gasteiger partial charge in [0.15, 0.2) is 11.0 Å². The maximum atomic E-state index is 11.7. The van der Waals surface area contributed by atoms with Crippen molar-refractivity contribution >= 4 is 17.7 Å². The summed E-state index contributed by atoms with van der Waals surface area (Å²) in [6, 6.07) is 18.0. The predicted molar refractivity (Wildman–Crippen MR) is 98.9 cm³/mol. The summed E-state index contributed by atoms with van der Waals surface area (Å²) in [5.74, 6) is 0.691. The van der Waals surface area contributed by atoms with Gasteiger partial charge in [0.25, 0.3) is 0 Å². The number of esters is 1. The lowest BCUT2D eigenvalue weighted by molar-refractivity contribution is -0.139. The molecule has 3 rings (SSSR count). The first-order valence-electron chi connectivity index (χ1n) is 8.05. The Morgan fingerprint density at radius 1 is 1.08 bits per heavy atom. The molecule has 25 heavy (non-hydrogen) atoms. The van der Waals surface area contributed by atoms with Crippen molar-refractivity contribution in [2.45, 2.75) is 19.0 Å².